The van der Waals surface area contributed by atoms with Gasteiger partial charge >= 0.3 is 6.36 Å². The first-order valence-corrected chi connectivity index (χ1v) is 9.21. The van der Waals surface area contributed by atoms with E-state index in [4.69, 9.17) is 9.47 Å². The van der Waals surface area contributed by atoms with Crippen LogP contribution in [0.15, 0.2) is 54.3 Å². The summed E-state index contributed by atoms with van der Waals surface area (Å²) in [4.78, 5) is 12.2. The van der Waals surface area contributed by atoms with Gasteiger partial charge in [0.1, 0.15) is 18.1 Å². The molecule has 2 atom stereocenters. The molecule has 0 N–H and O–H groups in total. The summed E-state index contributed by atoms with van der Waals surface area (Å²) in [5.41, 5.74) is 1.12. The van der Waals surface area contributed by atoms with Gasteiger partial charge in [-0.2, -0.15) is 0 Å². The van der Waals surface area contributed by atoms with E-state index in [9.17, 15) is 22.4 Å². The van der Waals surface area contributed by atoms with Gasteiger partial charge in [-0.05, 0) is 29.3 Å². The molecular formula is C22H20F4O4. The van der Waals surface area contributed by atoms with Gasteiger partial charge < -0.3 is 14.2 Å². The Morgan fingerprint density at radius 1 is 1.13 bits per heavy atom. The van der Waals surface area contributed by atoms with Crippen LogP contribution in [0.2, 0.25) is 0 Å². The van der Waals surface area contributed by atoms with Crippen molar-refractivity contribution in [1.29, 1.82) is 0 Å². The molecule has 160 valence electrons. The molecule has 0 saturated carbocycles. The number of rotatable bonds is 6. The Hall–Kier alpha value is -3.03. The van der Waals surface area contributed by atoms with E-state index in [-0.39, 0.29) is 18.1 Å². The molecule has 0 bridgehead atoms. The molecule has 8 heteroatoms. The molecular weight excluding hydrogens is 404 g/mol. The third-order valence-electron chi connectivity index (χ3n) is 4.87. The normalized spacial score (nSPS) is 19.3. The minimum atomic E-state index is -4.91. The first-order valence-electron chi connectivity index (χ1n) is 9.21. The second-order valence-corrected chi connectivity index (χ2v) is 6.95. The number of hydrogen-bond donors (Lipinski definition) is 0. The standard InChI is InChI=1S/C22H20F4O4/c1-13-17(10-16(11-19(13)27)30-22(24,25)26)15-8-18(23)21(20(9-15)28-2)29-12-14-6-4-3-5-7-14/h3-10,13,17H,11-12H2,1-2H3. The quantitative estimate of drug-likeness (QED) is 0.573. The second-order valence-electron chi connectivity index (χ2n) is 6.95. The fourth-order valence-electron chi connectivity index (χ4n) is 3.34. The number of carbonyl (C=O) groups is 1. The predicted molar refractivity (Wildman–Crippen MR) is 100 cm³/mol. The van der Waals surface area contributed by atoms with Crippen LogP contribution in [0.1, 0.15) is 30.4 Å². The van der Waals surface area contributed by atoms with Crippen molar-refractivity contribution >= 4 is 5.78 Å². The number of carbonyl (C=O) groups excluding carboxylic acids is 1. The van der Waals surface area contributed by atoms with Gasteiger partial charge in [-0.15, -0.1) is 13.2 Å². The van der Waals surface area contributed by atoms with Crippen LogP contribution in [0.5, 0.6) is 11.5 Å². The van der Waals surface area contributed by atoms with E-state index in [0.717, 1.165) is 11.6 Å². The summed E-state index contributed by atoms with van der Waals surface area (Å²) in [6, 6.07) is 11.7. The molecule has 30 heavy (non-hydrogen) atoms. The number of halogens is 4. The molecule has 3 rings (SSSR count). The second kappa shape index (κ2) is 8.77. The first-order chi connectivity index (χ1) is 14.2. The zero-order chi connectivity index (χ0) is 21.9. The fraction of sp³-hybridized carbons (Fsp3) is 0.318. The molecule has 2 aromatic carbocycles. The molecule has 0 heterocycles. The van der Waals surface area contributed by atoms with Crippen LogP contribution in [0.25, 0.3) is 0 Å². The van der Waals surface area contributed by atoms with Gasteiger partial charge in [-0.25, -0.2) is 4.39 Å². The molecule has 0 aliphatic heterocycles. The van der Waals surface area contributed by atoms with Crippen molar-refractivity contribution in [1.82, 2.24) is 0 Å². The van der Waals surface area contributed by atoms with Crippen molar-refractivity contribution in [2.75, 3.05) is 7.11 Å². The molecule has 4 nitrogen and oxygen atoms in total. The summed E-state index contributed by atoms with van der Waals surface area (Å²) in [7, 11) is 1.33. The summed E-state index contributed by atoms with van der Waals surface area (Å²) in [5.74, 6) is -3.14. The lowest BCUT2D eigenvalue weighted by Crippen LogP contribution is -2.26. The minimum absolute atomic E-state index is 0.0813. The Balaban J connectivity index is 1.90. The SMILES string of the molecule is COc1cc(C2C=C(OC(F)(F)F)CC(=O)C2C)cc(F)c1OCc1ccccc1. The van der Waals surface area contributed by atoms with E-state index in [2.05, 4.69) is 4.74 Å². The number of hydrogen-bond acceptors (Lipinski definition) is 4. The van der Waals surface area contributed by atoms with Crippen LogP contribution in [-0.2, 0) is 16.1 Å². The highest BCUT2D eigenvalue weighted by Gasteiger charge is 2.37. The molecule has 1 aliphatic carbocycles. The van der Waals surface area contributed by atoms with Crippen LogP contribution in [0.3, 0.4) is 0 Å². The van der Waals surface area contributed by atoms with Crippen LogP contribution in [0.4, 0.5) is 17.6 Å². The van der Waals surface area contributed by atoms with Crippen molar-refractivity contribution in [3.8, 4) is 11.5 Å². The number of alkyl halides is 3. The Labute approximate surface area is 171 Å². The number of methoxy groups -OCH3 is 1. The monoisotopic (exact) mass is 424 g/mol. The molecule has 0 saturated heterocycles. The number of ether oxygens (including phenoxy) is 3. The largest absolute Gasteiger partial charge is 0.572 e. The summed E-state index contributed by atoms with van der Waals surface area (Å²) in [6.45, 7) is 1.69. The summed E-state index contributed by atoms with van der Waals surface area (Å²) in [5, 5.41) is 0. The molecule has 0 aromatic heterocycles. The average Bonchev–Trinajstić information content (AvgIpc) is 2.68. The van der Waals surface area contributed by atoms with Crippen molar-refractivity contribution in [2.24, 2.45) is 5.92 Å². The maximum atomic E-state index is 14.8. The smallest absolute Gasteiger partial charge is 0.493 e. The van der Waals surface area contributed by atoms with Gasteiger partial charge in [0, 0.05) is 11.8 Å². The van der Waals surface area contributed by atoms with Crippen LogP contribution < -0.4 is 9.47 Å². The van der Waals surface area contributed by atoms with Crippen LogP contribution in [0, 0.1) is 11.7 Å². The van der Waals surface area contributed by atoms with Gasteiger partial charge in [0.25, 0.3) is 0 Å². The van der Waals surface area contributed by atoms with Gasteiger partial charge in [-0.3, -0.25) is 4.79 Å². The van der Waals surface area contributed by atoms with E-state index in [0.29, 0.717) is 5.56 Å². The number of benzene rings is 2. The Morgan fingerprint density at radius 3 is 2.47 bits per heavy atom. The first kappa shape index (κ1) is 21.7. The highest BCUT2D eigenvalue weighted by atomic mass is 19.4. The van der Waals surface area contributed by atoms with Gasteiger partial charge in [0.05, 0.1) is 13.5 Å². The Bertz CT molecular complexity index is 938. The third kappa shape index (κ3) is 5.11. The number of Topliss-reactive ketones (excluding diaryl/α,β-unsaturated/α-hetero) is 1. The molecule has 1 aliphatic rings. The van der Waals surface area contributed by atoms with Gasteiger partial charge in [-0.1, -0.05) is 37.3 Å². The fourth-order valence-corrected chi connectivity index (χ4v) is 3.34. The van der Waals surface area contributed by atoms with E-state index >= 15 is 0 Å². The van der Waals surface area contributed by atoms with Crippen molar-refractivity contribution in [2.45, 2.75) is 32.2 Å². The van der Waals surface area contributed by atoms with Gasteiger partial charge in [0.2, 0.25) is 0 Å². The molecule has 2 aromatic rings. The van der Waals surface area contributed by atoms with Crippen molar-refractivity contribution < 1.29 is 36.6 Å². The lowest BCUT2D eigenvalue weighted by Gasteiger charge is -2.27. The summed E-state index contributed by atoms with van der Waals surface area (Å²) in [6.07, 6.45) is -4.16. The molecule has 0 radical (unpaired) electrons. The maximum Gasteiger partial charge on any atom is 0.572 e. The molecule has 0 fully saturated rings. The number of allylic oxidation sites excluding steroid dienone is 2. The van der Waals surface area contributed by atoms with Gasteiger partial charge in [0.15, 0.2) is 17.3 Å². The highest BCUT2D eigenvalue weighted by Crippen LogP contribution is 2.41. The zero-order valence-electron chi connectivity index (χ0n) is 16.3. The topological polar surface area (TPSA) is 44.8 Å². The molecule has 0 amide bonds. The third-order valence-corrected chi connectivity index (χ3v) is 4.87. The van der Waals surface area contributed by atoms with E-state index in [1.165, 1.54) is 19.3 Å². The Kier molecular flexibility index (Phi) is 6.34. The number of ketones is 1. The molecule has 2 unspecified atom stereocenters. The highest BCUT2D eigenvalue weighted by molar-refractivity contribution is 5.85. The van der Waals surface area contributed by atoms with E-state index in [1.807, 2.05) is 30.3 Å². The van der Waals surface area contributed by atoms with Crippen molar-refractivity contribution in [3.05, 3.63) is 71.2 Å². The van der Waals surface area contributed by atoms with Crippen molar-refractivity contribution in [3.63, 3.8) is 0 Å². The van der Waals surface area contributed by atoms with Crippen LogP contribution >= 0.6 is 0 Å². The van der Waals surface area contributed by atoms with E-state index in [1.54, 1.807) is 6.92 Å². The lowest BCUT2D eigenvalue weighted by atomic mass is 9.79. The maximum absolute atomic E-state index is 14.8. The lowest BCUT2D eigenvalue weighted by molar-refractivity contribution is -0.306. The van der Waals surface area contributed by atoms with Crippen LogP contribution in [-0.4, -0.2) is 19.3 Å². The Morgan fingerprint density at radius 2 is 1.83 bits per heavy atom. The van der Waals surface area contributed by atoms with E-state index < -0.39 is 42.0 Å². The predicted octanol–water partition coefficient (Wildman–Crippen LogP) is 5.53. The molecule has 0 spiro atoms. The summed E-state index contributed by atoms with van der Waals surface area (Å²) < 4.78 is 67.3. The average molecular weight is 424 g/mol. The summed E-state index contributed by atoms with van der Waals surface area (Å²) >= 11 is 0. The minimum Gasteiger partial charge on any atom is -0.493 e. The zero-order valence-corrected chi connectivity index (χ0v) is 16.3.